The van der Waals surface area contributed by atoms with Crippen LogP contribution in [0.25, 0.3) is 0 Å². The Morgan fingerprint density at radius 2 is 2.55 bits per heavy atom. The van der Waals surface area contributed by atoms with Gasteiger partial charge >= 0.3 is 0 Å². The molecule has 2 nitrogen and oxygen atoms in total. The molecule has 0 unspecified atom stereocenters. The third-order valence-corrected chi connectivity index (χ3v) is 2.14. The lowest BCUT2D eigenvalue weighted by atomic mass is 10.2. The topological polar surface area (TPSA) is 30.0 Å². The molecule has 0 saturated carbocycles. The number of ketones is 1. The zero-order valence-corrected chi connectivity index (χ0v) is 7.36. The number of Topliss-reactive ketones (excluding diaryl/α,β-unsaturated/α-hetero) is 1. The third kappa shape index (κ3) is 2.80. The van der Waals surface area contributed by atoms with Gasteiger partial charge in [-0.3, -0.25) is 4.79 Å². The van der Waals surface area contributed by atoms with Gasteiger partial charge in [-0.05, 0) is 6.42 Å². The molecule has 11 heavy (non-hydrogen) atoms. The number of nitrogens with zero attached hydrogens (tertiary/aromatic N) is 1. The van der Waals surface area contributed by atoms with Crippen LogP contribution in [0.2, 0.25) is 0 Å². The van der Waals surface area contributed by atoms with Crippen molar-refractivity contribution >= 4 is 17.1 Å². The quantitative estimate of drug-likeness (QED) is 0.690. The van der Waals surface area contributed by atoms with Crippen LogP contribution in [0.5, 0.6) is 0 Å². The first-order chi connectivity index (χ1) is 5.33. The van der Waals surface area contributed by atoms with Gasteiger partial charge in [0, 0.05) is 18.0 Å². The summed E-state index contributed by atoms with van der Waals surface area (Å²) in [6.07, 6.45) is 3.87. The standard InChI is InChI=1S/C8H11NOS/c1-2-3-7(10)6-8-9-4-5-11-8/h4-5H,2-3,6H2,1H3. The second-order valence-corrected chi connectivity index (χ2v) is 3.37. The van der Waals surface area contributed by atoms with Crippen molar-refractivity contribution in [3.8, 4) is 0 Å². The van der Waals surface area contributed by atoms with Gasteiger partial charge in [0.15, 0.2) is 0 Å². The Bertz CT molecular complexity index is 218. The number of hydrogen-bond donors (Lipinski definition) is 0. The van der Waals surface area contributed by atoms with Crippen molar-refractivity contribution in [1.82, 2.24) is 4.98 Å². The highest BCUT2D eigenvalue weighted by Crippen LogP contribution is 2.06. The van der Waals surface area contributed by atoms with Gasteiger partial charge in [-0.1, -0.05) is 6.92 Å². The van der Waals surface area contributed by atoms with E-state index in [1.54, 1.807) is 17.5 Å². The summed E-state index contributed by atoms with van der Waals surface area (Å²) in [5, 5.41) is 2.83. The molecule has 1 heterocycles. The van der Waals surface area contributed by atoms with E-state index in [9.17, 15) is 4.79 Å². The molecule has 1 aromatic rings. The highest BCUT2D eigenvalue weighted by Gasteiger charge is 2.03. The molecule has 1 aromatic heterocycles. The molecule has 0 saturated heterocycles. The Morgan fingerprint density at radius 1 is 1.73 bits per heavy atom. The summed E-state index contributed by atoms with van der Waals surface area (Å²) < 4.78 is 0. The van der Waals surface area contributed by atoms with Gasteiger partial charge in [-0.25, -0.2) is 4.98 Å². The van der Waals surface area contributed by atoms with Gasteiger partial charge in [0.25, 0.3) is 0 Å². The molecule has 0 aliphatic heterocycles. The van der Waals surface area contributed by atoms with Crippen LogP contribution in [0, 0.1) is 0 Å². The SMILES string of the molecule is CCCC(=O)Cc1nccs1. The monoisotopic (exact) mass is 169 g/mol. The summed E-state index contributed by atoms with van der Waals surface area (Å²) in [5.41, 5.74) is 0. The molecule has 3 heteroatoms. The molecule has 0 amide bonds. The van der Waals surface area contributed by atoms with E-state index in [1.165, 1.54) is 0 Å². The van der Waals surface area contributed by atoms with E-state index in [4.69, 9.17) is 0 Å². The molecule has 0 aliphatic carbocycles. The second-order valence-electron chi connectivity index (χ2n) is 2.39. The Morgan fingerprint density at radius 3 is 3.09 bits per heavy atom. The third-order valence-electron chi connectivity index (χ3n) is 1.36. The summed E-state index contributed by atoms with van der Waals surface area (Å²) >= 11 is 1.55. The van der Waals surface area contributed by atoms with Gasteiger partial charge in [0.2, 0.25) is 0 Å². The van der Waals surface area contributed by atoms with Gasteiger partial charge in [0.1, 0.15) is 5.78 Å². The van der Waals surface area contributed by atoms with Crippen LogP contribution in [0.15, 0.2) is 11.6 Å². The molecule has 60 valence electrons. The fourth-order valence-electron chi connectivity index (χ4n) is 0.876. The van der Waals surface area contributed by atoms with Gasteiger partial charge in [-0.2, -0.15) is 0 Å². The Balaban J connectivity index is 2.37. The highest BCUT2D eigenvalue weighted by atomic mass is 32.1. The molecule has 0 atom stereocenters. The fraction of sp³-hybridized carbons (Fsp3) is 0.500. The minimum Gasteiger partial charge on any atom is -0.299 e. The van der Waals surface area contributed by atoms with Crippen molar-refractivity contribution in [1.29, 1.82) is 0 Å². The largest absolute Gasteiger partial charge is 0.299 e. The van der Waals surface area contributed by atoms with E-state index >= 15 is 0 Å². The summed E-state index contributed by atoms with van der Waals surface area (Å²) in [6, 6.07) is 0. The van der Waals surface area contributed by atoms with Crippen molar-refractivity contribution in [2.24, 2.45) is 0 Å². The predicted octanol–water partition coefficient (Wildman–Crippen LogP) is 2.05. The molecule has 1 rings (SSSR count). The lowest BCUT2D eigenvalue weighted by Gasteiger charge is -1.92. The second kappa shape index (κ2) is 4.23. The van der Waals surface area contributed by atoms with Gasteiger partial charge in [0.05, 0.1) is 11.4 Å². The van der Waals surface area contributed by atoms with Crippen molar-refractivity contribution in [2.75, 3.05) is 0 Å². The summed E-state index contributed by atoms with van der Waals surface area (Å²) in [7, 11) is 0. The van der Waals surface area contributed by atoms with E-state index in [2.05, 4.69) is 4.98 Å². The molecule has 0 radical (unpaired) electrons. The van der Waals surface area contributed by atoms with Crippen LogP contribution in [0.4, 0.5) is 0 Å². The molecular formula is C8H11NOS. The van der Waals surface area contributed by atoms with Crippen LogP contribution in [-0.2, 0) is 11.2 Å². The van der Waals surface area contributed by atoms with Crippen LogP contribution in [0.1, 0.15) is 24.8 Å². The van der Waals surface area contributed by atoms with Crippen molar-refractivity contribution in [3.63, 3.8) is 0 Å². The fourth-order valence-corrected chi connectivity index (χ4v) is 1.52. The summed E-state index contributed by atoms with van der Waals surface area (Å²) in [6.45, 7) is 2.01. The number of thiazole rings is 1. The molecule has 0 aromatic carbocycles. The van der Waals surface area contributed by atoms with Crippen LogP contribution >= 0.6 is 11.3 Å². The molecule has 0 spiro atoms. The first-order valence-corrected chi connectivity index (χ1v) is 4.61. The highest BCUT2D eigenvalue weighted by molar-refractivity contribution is 7.09. The first-order valence-electron chi connectivity index (χ1n) is 3.73. The first kappa shape index (κ1) is 8.40. The van der Waals surface area contributed by atoms with Crippen LogP contribution < -0.4 is 0 Å². The van der Waals surface area contributed by atoms with E-state index in [1.807, 2.05) is 12.3 Å². The van der Waals surface area contributed by atoms with E-state index < -0.39 is 0 Å². The Kier molecular flexibility index (Phi) is 3.23. The van der Waals surface area contributed by atoms with E-state index in [0.717, 1.165) is 11.4 Å². The molecule has 0 aliphatic rings. The molecular weight excluding hydrogens is 158 g/mol. The zero-order chi connectivity index (χ0) is 8.10. The molecule has 0 fully saturated rings. The van der Waals surface area contributed by atoms with Crippen molar-refractivity contribution in [3.05, 3.63) is 16.6 Å². The maximum atomic E-state index is 11.1. The van der Waals surface area contributed by atoms with Gasteiger partial charge in [-0.15, -0.1) is 11.3 Å². The normalized spacial score (nSPS) is 9.91. The number of carbonyl (C=O) groups excluding carboxylic acids is 1. The smallest absolute Gasteiger partial charge is 0.139 e. The molecule has 0 bridgehead atoms. The lowest BCUT2D eigenvalue weighted by molar-refractivity contribution is -0.118. The van der Waals surface area contributed by atoms with Crippen LogP contribution in [-0.4, -0.2) is 10.8 Å². The minimum absolute atomic E-state index is 0.294. The zero-order valence-electron chi connectivity index (χ0n) is 6.54. The average molecular weight is 169 g/mol. The predicted molar refractivity (Wildman–Crippen MR) is 45.7 cm³/mol. The number of aromatic nitrogens is 1. The maximum absolute atomic E-state index is 11.1. The van der Waals surface area contributed by atoms with Crippen molar-refractivity contribution < 1.29 is 4.79 Å². The minimum atomic E-state index is 0.294. The van der Waals surface area contributed by atoms with E-state index in [-0.39, 0.29) is 0 Å². The van der Waals surface area contributed by atoms with Crippen LogP contribution in [0.3, 0.4) is 0 Å². The Hall–Kier alpha value is -0.700. The average Bonchev–Trinajstić information content (AvgIpc) is 2.40. The van der Waals surface area contributed by atoms with Gasteiger partial charge < -0.3 is 0 Å². The molecule has 0 N–H and O–H groups in total. The number of rotatable bonds is 4. The Labute approximate surface area is 70.3 Å². The number of carbonyl (C=O) groups is 1. The summed E-state index contributed by atoms with van der Waals surface area (Å²) in [4.78, 5) is 15.1. The van der Waals surface area contributed by atoms with Crippen molar-refractivity contribution in [2.45, 2.75) is 26.2 Å². The van der Waals surface area contributed by atoms with E-state index in [0.29, 0.717) is 18.6 Å². The lowest BCUT2D eigenvalue weighted by Crippen LogP contribution is -2.00. The number of hydrogen-bond acceptors (Lipinski definition) is 3. The maximum Gasteiger partial charge on any atom is 0.139 e. The summed E-state index contributed by atoms with van der Waals surface area (Å²) in [5.74, 6) is 0.294.